The molecule has 0 heterocycles. The van der Waals surface area contributed by atoms with Crippen LogP contribution < -0.4 is 5.73 Å². The summed E-state index contributed by atoms with van der Waals surface area (Å²) in [4.78, 5) is 2.40. The van der Waals surface area contributed by atoms with Gasteiger partial charge in [-0.15, -0.1) is 0 Å². The van der Waals surface area contributed by atoms with Crippen LogP contribution in [0.2, 0.25) is 0 Å². The number of nitrogens with zero attached hydrogens (tertiary/aromatic N) is 1. The van der Waals surface area contributed by atoms with Gasteiger partial charge in [0.2, 0.25) is 0 Å². The Bertz CT molecular complexity index is 386. The highest BCUT2D eigenvalue weighted by Gasteiger charge is 2.24. The van der Waals surface area contributed by atoms with E-state index in [1.165, 1.54) is 24.0 Å². The molecule has 0 spiro atoms. The summed E-state index contributed by atoms with van der Waals surface area (Å²) >= 11 is 0. The maximum absolute atomic E-state index is 6.01. The van der Waals surface area contributed by atoms with Crippen molar-refractivity contribution in [2.75, 3.05) is 32.8 Å². The van der Waals surface area contributed by atoms with Crippen molar-refractivity contribution in [3.8, 4) is 0 Å². The van der Waals surface area contributed by atoms with Crippen LogP contribution in [0.5, 0.6) is 0 Å². The molecule has 1 saturated carbocycles. The van der Waals surface area contributed by atoms with Crippen molar-refractivity contribution in [3.63, 3.8) is 0 Å². The van der Waals surface area contributed by atoms with E-state index >= 15 is 0 Å². The van der Waals surface area contributed by atoms with Crippen LogP contribution in [0.15, 0.2) is 24.3 Å². The summed E-state index contributed by atoms with van der Waals surface area (Å²) in [7, 11) is 0. The molecule has 0 bridgehead atoms. The number of benzene rings is 1. The average molecular weight is 276 g/mol. The summed E-state index contributed by atoms with van der Waals surface area (Å²) in [5.74, 6) is 0.820. The SMILES string of the molecule is CCOCCN(CC)C(CN)c1ccc(C2CC2)cc1. The molecule has 1 unspecified atom stereocenters. The molecule has 3 nitrogen and oxygen atoms in total. The van der Waals surface area contributed by atoms with Gasteiger partial charge in [0.05, 0.1) is 6.61 Å². The number of likely N-dealkylation sites (N-methyl/N-ethyl adjacent to an activating group) is 1. The molecular weight excluding hydrogens is 248 g/mol. The Morgan fingerprint density at radius 3 is 2.45 bits per heavy atom. The van der Waals surface area contributed by atoms with Crippen LogP contribution in [0.3, 0.4) is 0 Å². The Hall–Kier alpha value is -0.900. The zero-order chi connectivity index (χ0) is 14.4. The van der Waals surface area contributed by atoms with Gasteiger partial charge in [0.15, 0.2) is 0 Å². The van der Waals surface area contributed by atoms with Crippen molar-refractivity contribution in [2.24, 2.45) is 5.73 Å². The molecule has 0 aliphatic heterocycles. The van der Waals surface area contributed by atoms with E-state index in [1.807, 2.05) is 6.92 Å². The summed E-state index contributed by atoms with van der Waals surface area (Å²) in [6.45, 7) is 8.38. The minimum atomic E-state index is 0.300. The first-order chi connectivity index (χ1) is 9.80. The minimum absolute atomic E-state index is 0.300. The van der Waals surface area contributed by atoms with Gasteiger partial charge in [0.1, 0.15) is 0 Å². The fourth-order valence-electron chi connectivity index (χ4n) is 2.76. The highest BCUT2D eigenvalue weighted by molar-refractivity contribution is 5.30. The molecule has 0 amide bonds. The van der Waals surface area contributed by atoms with Crippen LogP contribution in [0.25, 0.3) is 0 Å². The lowest BCUT2D eigenvalue weighted by Gasteiger charge is -2.30. The molecule has 1 aromatic rings. The molecule has 1 aliphatic rings. The zero-order valence-corrected chi connectivity index (χ0v) is 12.8. The van der Waals surface area contributed by atoms with Crippen molar-refractivity contribution in [3.05, 3.63) is 35.4 Å². The molecular formula is C17H28N2O. The van der Waals surface area contributed by atoms with Crippen molar-refractivity contribution in [2.45, 2.75) is 38.6 Å². The van der Waals surface area contributed by atoms with Crippen LogP contribution >= 0.6 is 0 Å². The van der Waals surface area contributed by atoms with Gasteiger partial charge in [-0.05, 0) is 43.4 Å². The zero-order valence-electron chi connectivity index (χ0n) is 12.8. The van der Waals surface area contributed by atoms with Gasteiger partial charge in [-0.3, -0.25) is 4.90 Å². The van der Waals surface area contributed by atoms with E-state index in [-0.39, 0.29) is 0 Å². The monoisotopic (exact) mass is 276 g/mol. The van der Waals surface area contributed by atoms with Crippen LogP contribution in [-0.2, 0) is 4.74 Å². The molecule has 0 radical (unpaired) electrons. The molecule has 1 aliphatic carbocycles. The topological polar surface area (TPSA) is 38.5 Å². The lowest BCUT2D eigenvalue weighted by molar-refractivity contribution is 0.0980. The molecule has 20 heavy (non-hydrogen) atoms. The maximum atomic E-state index is 6.01. The lowest BCUT2D eigenvalue weighted by atomic mass is 10.0. The Morgan fingerprint density at radius 1 is 1.25 bits per heavy atom. The van der Waals surface area contributed by atoms with Crippen molar-refractivity contribution >= 4 is 0 Å². The number of rotatable bonds is 9. The summed E-state index contributed by atoms with van der Waals surface area (Å²) < 4.78 is 5.47. The summed E-state index contributed by atoms with van der Waals surface area (Å²) in [5, 5.41) is 0. The highest BCUT2D eigenvalue weighted by Crippen LogP contribution is 2.40. The van der Waals surface area contributed by atoms with Crippen molar-refractivity contribution in [1.82, 2.24) is 4.90 Å². The summed E-state index contributed by atoms with van der Waals surface area (Å²) in [6.07, 6.45) is 2.71. The number of hydrogen-bond acceptors (Lipinski definition) is 3. The van der Waals surface area contributed by atoms with Gasteiger partial charge in [-0.25, -0.2) is 0 Å². The van der Waals surface area contributed by atoms with Crippen LogP contribution in [0, 0.1) is 0 Å². The molecule has 0 aromatic heterocycles. The Kier molecular flexibility index (Phi) is 6.02. The Balaban J connectivity index is 2.00. The largest absolute Gasteiger partial charge is 0.380 e. The smallest absolute Gasteiger partial charge is 0.0593 e. The van der Waals surface area contributed by atoms with Gasteiger partial charge >= 0.3 is 0 Å². The van der Waals surface area contributed by atoms with Gasteiger partial charge in [0.25, 0.3) is 0 Å². The normalized spacial score (nSPS) is 16.6. The van der Waals surface area contributed by atoms with E-state index < -0.39 is 0 Å². The Morgan fingerprint density at radius 2 is 1.95 bits per heavy atom. The van der Waals surface area contributed by atoms with Gasteiger partial charge in [-0.1, -0.05) is 31.2 Å². The van der Waals surface area contributed by atoms with Crippen LogP contribution in [-0.4, -0.2) is 37.7 Å². The fraction of sp³-hybridized carbons (Fsp3) is 0.647. The molecule has 112 valence electrons. The van der Waals surface area contributed by atoms with E-state index in [9.17, 15) is 0 Å². The summed E-state index contributed by atoms with van der Waals surface area (Å²) in [6, 6.07) is 9.38. The molecule has 1 atom stereocenters. The van der Waals surface area contributed by atoms with Crippen LogP contribution in [0.1, 0.15) is 49.8 Å². The van der Waals surface area contributed by atoms with E-state index in [2.05, 4.69) is 36.1 Å². The standard InChI is InChI=1S/C17H28N2O/c1-3-19(11-12-20-4-2)17(13-18)16-9-7-15(8-10-16)14-5-6-14/h7-10,14,17H,3-6,11-13,18H2,1-2H3. The van der Waals surface area contributed by atoms with E-state index in [1.54, 1.807) is 0 Å². The first kappa shape index (κ1) is 15.5. The molecule has 1 fully saturated rings. The fourth-order valence-corrected chi connectivity index (χ4v) is 2.76. The van der Waals surface area contributed by atoms with Gasteiger partial charge in [-0.2, -0.15) is 0 Å². The minimum Gasteiger partial charge on any atom is -0.380 e. The number of nitrogens with two attached hydrogens (primary N) is 1. The lowest BCUT2D eigenvalue weighted by Crippen LogP contribution is -2.36. The Labute approximate surface area is 123 Å². The first-order valence-electron chi connectivity index (χ1n) is 7.91. The second-order valence-electron chi connectivity index (χ2n) is 5.52. The maximum Gasteiger partial charge on any atom is 0.0593 e. The third-order valence-electron chi connectivity index (χ3n) is 4.17. The third kappa shape index (κ3) is 4.05. The number of ether oxygens (including phenoxy) is 1. The second kappa shape index (κ2) is 7.77. The number of hydrogen-bond donors (Lipinski definition) is 1. The highest BCUT2D eigenvalue weighted by atomic mass is 16.5. The summed E-state index contributed by atoms with van der Waals surface area (Å²) in [5.41, 5.74) is 8.83. The van der Waals surface area contributed by atoms with E-state index in [0.717, 1.165) is 32.2 Å². The van der Waals surface area contributed by atoms with Crippen molar-refractivity contribution in [1.29, 1.82) is 0 Å². The third-order valence-corrected chi connectivity index (χ3v) is 4.17. The van der Waals surface area contributed by atoms with E-state index in [4.69, 9.17) is 10.5 Å². The van der Waals surface area contributed by atoms with Gasteiger partial charge < -0.3 is 10.5 Å². The molecule has 3 heteroatoms. The van der Waals surface area contributed by atoms with Crippen LogP contribution in [0.4, 0.5) is 0 Å². The molecule has 1 aromatic carbocycles. The average Bonchev–Trinajstić information content (AvgIpc) is 3.32. The quantitative estimate of drug-likeness (QED) is 0.705. The second-order valence-corrected chi connectivity index (χ2v) is 5.52. The first-order valence-corrected chi connectivity index (χ1v) is 7.91. The van der Waals surface area contributed by atoms with Crippen molar-refractivity contribution < 1.29 is 4.74 Å². The van der Waals surface area contributed by atoms with E-state index in [0.29, 0.717) is 12.6 Å². The molecule has 0 saturated heterocycles. The molecule has 2 rings (SSSR count). The predicted molar refractivity (Wildman–Crippen MR) is 84.0 cm³/mol. The molecule has 2 N–H and O–H groups in total. The van der Waals surface area contributed by atoms with Gasteiger partial charge in [0, 0.05) is 25.7 Å². The predicted octanol–water partition coefficient (Wildman–Crippen LogP) is 2.92.